The predicted molar refractivity (Wildman–Crippen MR) is 112 cm³/mol. The third-order valence-electron chi connectivity index (χ3n) is 1.99. The number of hydrogen-bond donors (Lipinski definition) is 0. The van der Waals surface area contributed by atoms with E-state index in [9.17, 15) is 0 Å². The molecule has 0 aromatic heterocycles. The largest absolute Gasteiger partial charge is 0.297 e. The van der Waals surface area contributed by atoms with Gasteiger partial charge in [0.15, 0.2) is 0 Å². The first kappa shape index (κ1) is 29.4. The van der Waals surface area contributed by atoms with Gasteiger partial charge in [-0.15, -0.1) is 13.2 Å². The minimum absolute atomic E-state index is 0.704. The van der Waals surface area contributed by atoms with E-state index in [0.717, 1.165) is 5.57 Å². The zero-order valence-corrected chi connectivity index (χ0v) is 17.2. The van der Waals surface area contributed by atoms with Crippen LogP contribution in [0, 0.1) is 0 Å². The molecule has 1 rings (SSSR count). The number of hydrogen-bond acceptors (Lipinski definition) is 2. The minimum Gasteiger partial charge on any atom is -0.297 e. The molecule has 0 amide bonds. The van der Waals surface area contributed by atoms with Crippen LogP contribution >= 0.6 is 0 Å². The van der Waals surface area contributed by atoms with Crippen LogP contribution in [0.3, 0.4) is 0 Å². The van der Waals surface area contributed by atoms with Crippen molar-refractivity contribution in [2.45, 2.75) is 73.8 Å². The topological polar surface area (TPSA) is 15.6 Å². The van der Waals surface area contributed by atoms with Gasteiger partial charge in [0.1, 0.15) is 0 Å². The summed E-state index contributed by atoms with van der Waals surface area (Å²) in [6, 6.07) is 0.704. The Hall–Kier alpha value is -1.57. The number of nitrogens with zero attached hydrogens (tertiary/aromatic N) is 2. The second kappa shape index (κ2) is 25.4. The number of rotatable bonds is 4. The van der Waals surface area contributed by atoms with Gasteiger partial charge in [-0.1, -0.05) is 65.0 Å². The highest BCUT2D eigenvalue weighted by Gasteiger charge is 2.24. The average Bonchev–Trinajstić information content (AvgIpc) is 3.35. The van der Waals surface area contributed by atoms with Crippen LogP contribution in [0.25, 0.3) is 0 Å². The summed E-state index contributed by atoms with van der Waals surface area (Å²) in [5.41, 5.74) is 2.30. The molecule has 1 fully saturated rings. The average molecular weight is 323 g/mol. The summed E-state index contributed by atoms with van der Waals surface area (Å²) in [6.07, 6.45) is 9.40. The summed E-state index contributed by atoms with van der Waals surface area (Å²) in [6.45, 7) is 27.5. The molecule has 1 aliphatic carbocycles. The number of hydrazone groups is 1. The van der Waals surface area contributed by atoms with E-state index in [0.29, 0.717) is 6.04 Å². The molecule has 0 bridgehead atoms. The second-order valence-corrected chi connectivity index (χ2v) is 5.08. The van der Waals surface area contributed by atoms with Gasteiger partial charge in [-0.25, -0.2) is 0 Å². The molecular weight excluding hydrogens is 280 g/mol. The molecule has 23 heavy (non-hydrogen) atoms. The van der Waals surface area contributed by atoms with Gasteiger partial charge in [-0.05, 0) is 39.2 Å². The second-order valence-electron chi connectivity index (χ2n) is 5.08. The Bertz CT molecular complexity index is 306. The van der Waals surface area contributed by atoms with Crippen molar-refractivity contribution in [1.82, 2.24) is 5.01 Å². The maximum Gasteiger partial charge on any atom is 0.0493 e. The third-order valence-corrected chi connectivity index (χ3v) is 1.99. The maximum absolute atomic E-state index is 4.19. The minimum atomic E-state index is 0.704. The van der Waals surface area contributed by atoms with E-state index in [4.69, 9.17) is 0 Å². The SMILES string of the molecule is C=C.C=C(C)/C=N\N(C)C1CC1.C=CC=C(C)C.CC.CCC. The van der Waals surface area contributed by atoms with Gasteiger partial charge in [0.2, 0.25) is 0 Å². The molecule has 0 heterocycles. The van der Waals surface area contributed by atoms with Gasteiger partial charge in [-0.3, -0.25) is 5.01 Å². The van der Waals surface area contributed by atoms with Crippen LogP contribution in [0.2, 0.25) is 0 Å². The first-order valence-electron chi connectivity index (χ1n) is 8.57. The Morgan fingerprint density at radius 2 is 1.52 bits per heavy atom. The summed E-state index contributed by atoms with van der Waals surface area (Å²) in [4.78, 5) is 0. The molecule has 0 saturated heterocycles. The standard InChI is InChI=1S/C8H14N2.C6H10.C3H8.C2H6.C2H4/c1-7(2)6-9-10(3)8-4-5-8;1-4-5-6(2)3;1-3-2;2*1-2/h6,8H,1,4-5H2,2-3H3;4-5H,1H2,2-3H3;3H2,1-2H3;1-2H3;1-2H2/b9-6-;;;;. The van der Waals surface area contributed by atoms with Crippen LogP contribution in [0.5, 0.6) is 0 Å². The van der Waals surface area contributed by atoms with E-state index in [1.165, 1.54) is 24.8 Å². The molecule has 2 heteroatoms. The predicted octanol–water partition coefficient (Wildman–Crippen LogP) is 7.03. The molecule has 0 aromatic carbocycles. The van der Waals surface area contributed by atoms with Crippen LogP contribution in [0.1, 0.15) is 67.7 Å². The lowest BCUT2D eigenvalue weighted by atomic mass is 10.3. The Kier molecular flexibility index (Phi) is 32.5. The molecule has 0 radical (unpaired) electrons. The summed E-state index contributed by atoms with van der Waals surface area (Å²) in [7, 11) is 2.01. The molecule has 0 aliphatic heterocycles. The molecule has 0 aromatic rings. The van der Waals surface area contributed by atoms with Gasteiger partial charge in [0.05, 0.1) is 0 Å². The normalized spacial score (nSPS) is 10.8. The Morgan fingerprint density at radius 3 is 1.70 bits per heavy atom. The molecule has 2 nitrogen and oxygen atoms in total. The highest BCUT2D eigenvalue weighted by atomic mass is 15.5. The fraction of sp³-hybridized carbons (Fsp3) is 0.571. The lowest BCUT2D eigenvalue weighted by Crippen LogP contribution is -2.13. The highest BCUT2D eigenvalue weighted by molar-refractivity contribution is 5.76. The monoisotopic (exact) mass is 322 g/mol. The van der Waals surface area contributed by atoms with Crippen molar-refractivity contribution in [2.75, 3.05) is 7.05 Å². The van der Waals surface area contributed by atoms with E-state index in [1.54, 1.807) is 12.3 Å². The van der Waals surface area contributed by atoms with Crippen molar-refractivity contribution < 1.29 is 0 Å². The highest BCUT2D eigenvalue weighted by Crippen LogP contribution is 2.25. The van der Waals surface area contributed by atoms with Crippen LogP contribution in [-0.4, -0.2) is 24.3 Å². The molecule has 0 atom stereocenters. The van der Waals surface area contributed by atoms with Crippen molar-refractivity contribution in [3.05, 3.63) is 49.6 Å². The van der Waals surface area contributed by atoms with Crippen LogP contribution in [0.4, 0.5) is 0 Å². The van der Waals surface area contributed by atoms with E-state index >= 15 is 0 Å². The zero-order valence-electron chi connectivity index (χ0n) is 17.2. The molecule has 1 aliphatic rings. The van der Waals surface area contributed by atoms with Gasteiger partial charge < -0.3 is 0 Å². The van der Waals surface area contributed by atoms with Gasteiger partial charge in [0, 0.05) is 19.3 Å². The van der Waals surface area contributed by atoms with E-state index in [-0.39, 0.29) is 0 Å². The summed E-state index contributed by atoms with van der Waals surface area (Å²) < 4.78 is 0. The van der Waals surface area contributed by atoms with Crippen molar-refractivity contribution in [3.8, 4) is 0 Å². The fourth-order valence-electron chi connectivity index (χ4n) is 0.968. The maximum atomic E-state index is 4.19. The smallest absolute Gasteiger partial charge is 0.0493 e. The summed E-state index contributed by atoms with van der Waals surface area (Å²) in [5.74, 6) is 0. The molecule has 136 valence electrons. The molecule has 1 saturated carbocycles. The van der Waals surface area contributed by atoms with Gasteiger partial charge in [-0.2, -0.15) is 5.10 Å². The Morgan fingerprint density at radius 1 is 1.13 bits per heavy atom. The lowest BCUT2D eigenvalue weighted by molar-refractivity contribution is 0.346. The van der Waals surface area contributed by atoms with Gasteiger partial charge >= 0.3 is 0 Å². The van der Waals surface area contributed by atoms with Crippen molar-refractivity contribution in [1.29, 1.82) is 0 Å². The van der Waals surface area contributed by atoms with Crippen molar-refractivity contribution in [3.63, 3.8) is 0 Å². The first-order valence-corrected chi connectivity index (χ1v) is 8.57. The first-order chi connectivity index (χ1) is 10.9. The summed E-state index contributed by atoms with van der Waals surface area (Å²) >= 11 is 0. The fourth-order valence-corrected chi connectivity index (χ4v) is 0.968. The number of allylic oxidation sites excluding steroid dienone is 4. The van der Waals surface area contributed by atoms with E-state index in [2.05, 4.69) is 45.3 Å². The van der Waals surface area contributed by atoms with Crippen LogP contribution in [-0.2, 0) is 0 Å². The third kappa shape index (κ3) is 38.5. The van der Waals surface area contributed by atoms with Crippen LogP contribution in [0.15, 0.2) is 54.7 Å². The Balaban J connectivity index is -0.000000120. The molecule has 0 spiro atoms. The quantitative estimate of drug-likeness (QED) is 0.235. The van der Waals surface area contributed by atoms with E-state index < -0.39 is 0 Å². The molecule has 0 N–H and O–H groups in total. The summed E-state index contributed by atoms with van der Waals surface area (Å²) in [5, 5.41) is 6.20. The van der Waals surface area contributed by atoms with Crippen LogP contribution < -0.4 is 0 Å². The van der Waals surface area contributed by atoms with E-state index in [1.807, 2.05) is 52.8 Å². The van der Waals surface area contributed by atoms with Gasteiger partial charge in [0.25, 0.3) is 0 Å². The van der Waals surface area contributed by atoms with Crippen molar-refractivity contribution >= 4 is 6.21 Å². The molecule has 0 unspecified atom stereocenters. The molecular formula is C21H42N2. The Labute approximate surface area is 147 Å². The van der Waals surface area contributed by atoms with Crippen molar-refractivity contribution in [2.24, 2.45) is 5.10 Å². The zero-order chi connectivity index (χ0) is 19.3. The lowest BCUT2D eigenvalue weighted by Gasteiger charge is -2.09.